The van der Waals surface area contributed by atoms with Crippen molar-refractivity contribution in [1.82, 2.24) is 4.98 Å². The smallest absolute Gasteiger partial charge is 0.395 e. The van der Waals surface area contributed by atoms with Crippen LogP contribution in [-0.2, 0) is 9.59 Å². The second-order valence-corrected chi connectivity index (χ2v) is 2.22. The van der Waals surface area contributed by atoms with E-state index in [1.54, 1.807) is 18.3 Å². The summed E-state index contributed by atoms with van der Waals surface area (Å²) in [5, 5.41) is 8.35. The number of hydrogen-bond donors (Lipinski definition) is 2. The summed E-state index contributed by atoms with van der Waals surface area (Å²) >= 11 is 0. The van der Waals surface area contributed by atoms with E-state index in [0.717, 1.165) is 4.90 Å². The molecule has 0 fully saturated rings. The quantitative estimate of drug-likeness (QED) is 0.582. The molecule has 12 heavy (non-hydrogen) atoms. The number of nitrogens with one attached hydrogen (secondary N) is 1. The van der Waals surface area contributed by atoms with Gasteiger partial charge in [-0.05, 0) is 12.1 Å². The summed E-state index contributed by atoms with van der Waals surface area (Å²) in [5.41, 5.74) is 0. The number of rotatable bonds is 1. The van der Waals surface area contributed by atoms with Crippen LogP contribution in [0.15, 0.2) is 18.3 Å². The summed E-state index contributed by atoms with van der Waals surface area (Å²) in [6.07, 6.45) is 1.61. The van der Waals surface area contributed by atoms with Gasteiger partial charge < -0.3 is 10.1 Å². The zero-order valence-electron chi connectivity index (χ0n) is 6.44. The van der Waals surface area contributed by atoms with Gasteiger partial charge in [-0.25, -0.2) is 4.79 Å². The van der Waals surface area contributed by atoms with Crippen LogP contribution in [0.5, 0.6) is 0 Å². The molecule has 0 aromatic carbocycles. The van der Waals surface area contributed by atoms with E-state index >= 15 is 0 Å². The fraction of sp³-hybridized carbons (Fsp3) is 0.143. The molecular formula is C7H8N2O3. The Morgan fingerprint density at radius 2 is 2.25 bits per heavy atom. The zero-order valence-corrected chi connectivity index (χ0v) is 6.44. The van der Waals surface area contributed by atoms with Gasteiger partial charge in [0.05, 0.1) is 0 Å². The molecule has 64 valence electrons. The van der Waals surface area contributed by atoms with Gasteiger partial charge in [0.2, 0.25) is 0 Å². The average Bonchev–Trinajstić information content (AvgIpc) is 2.53. The van der Waals surface area contributed by atoms with Gasteiger partial charge in [-0.15, -0.1) is 0 Å². The van der Waals surface area contributed by atoms with Crippen molar-refractivity contribution in [1.29, 1.82) is 0 Å². The molecule has 1 heterocycles. The molecule has 0 saturated heterocycles. The predicted molar refractivity (Wildman–Crippen MR) is 41.8 cm³/mol. The Bertz CT molecular complexity index is 292. The molecule has 5 heteroatoms. The molecule has 0 saturated carbocycles. The number of carboxylic acids is 1. The molecule has 1 amide bonds. The maximum Gasteiger partial charge on any atom is 0.395 e. The first-order valence-corrected chi connectivity index (χ1v) is 3.27. The van der Waals surface area contributed by atoms with Crippen LogP contribution in [-0.4, -0.2) is 29.0 Å². The normalized spacial score (nSPS) is 9.42. The number of carbonyl (C=O) groups is 2. The first kappa shape index (κ1) is 8.32. The summed E-state index contributed by atoms with van der Waals surface area (Å²) in [4.78, 5) is 24.8. The average molecular weight is 168 g/mol. The number of hydrogen-bond acceptors (Lipinski definition) is 2. The van der Waals surface area contributed by atoms with Gasteiger partial charge in [-0.2, -0.15) is 0 Å². The molecule has 2 N–H and O–H groups in total. The van der Waals surface area contributed by atoms with Crippen LogP contribution < -0.4 is 4.90 Å². The van der Waals surface area contributed by atoms with Gasteiger partial charge in [-0.3, -0.25) is 9.69 Å². The van der Waals surface area contributed by atoms with E-state index in [1.165, 1.54) is 7.05 Å². The molecule has 0 bridgehead atoms. The third kappa shape index (κ3) is 1.45. The van der Waals surface area contributed by atoms with Crippen molar-refractivity contribution in [2.75, 3.05) is 11.9 Å². The van der Waals surface area contributed by atoms with Crippen molar-refractivity contribution in [2.45, 2.75) is 0 Å². The largest absolute Gasteiger partial charge is 0.474 e. The number of carboxylic acid groups (broad SMARTS) is 1. The second-order valence-electron chi connectivity index (χ2n) is 2.22. The monoisotopic (exact) mass is 168 g/mol. The topological polar surface area (TPSA) is 73.4 Å². The summed E-state index contributed by atoms with van der Waals surface area (Å²) in [6, 6.07) is 3.29. The molecule has 0 radical (unpaired) electrons. The lowest BCUT2D eigenvalue weighted by atomic mass is 10.5. The predicted octanol–water partition coefficient (Wildman–Crippen LogP) is 0.0621. The zero-order chi connectivity index (χ0) is 9.14. The standard InChI is InChI=1S/C7H8N2O3/c1-9(6(10)7(11)12)5-3-2-4-8-5/h2-4,8H,1H3,(H,11,12). The molecular weight excluding hydrogens is 160 g/mol. The number of nitrogens with zero attached hydrogens (tertiary/aromatic N) is 1. The molecule has 0 spiro atoms. The van der Waals surface area contributed by atoms with Crippen LogP contribution >= 0.6 is 0 Å². The molecule has 0 atom stereocenters. The number of amides is 1. The summed E-state index contributed by atoms with van der Waals surface area (Å²) in [7, 11) is 1.39. The molecule has 1 aromatic heterocycles. The third-order valence-electron chi connectivity index (χ3n) is 1.43. The van der Waals surface area contributed by atoms with E-state index in [9.17, 15) is 9.59 Å². The first-order chi connectivity index (χ1) is 5.63. The molecule has 5 nitrogen and oxygen atoms in total. The summed E-state index contributed by atoms with van der Waals surface area (Å²) in [5.74, 6) is -1.97. The molecule has 0 aliphatic rings. The van der Waals surface area contributed by atoms with Crippen molar-refractivity contribution in [3.63, 3.8) is 0 Å². The summed E-state index contributed by atoms with van der Waals surface area (Å²) in [6.45, 7) is 0. The molecule has 1 rings (SSSR count). The number of carbonyl (C=O) groups excluding carboxylic acids is 1. The number of anilines is 1. The van der Waals surface area contributed by atoms with Crippen molar-refractivity contribution in [2.24, 2.45) is 0 Å². The van der Waals surface area contributed by atoms with Crippen LogP contribution in [0, 0.1) is 0 Å². The number of likely N-dealkylation sites (N-methyl/N-ethyl adjacent to an activating group) is 1. The molecule has 0 aliphatic heterocycles. The Balaban J connectivity index is 2.79. The van der Waals surface area contributed by atoms with Crippen molar-refractivity contribution < 1.29 is 14.7 Å². The Kier molecular flexibility index (Phi) is 2.14. The maximum atomic E-state index is 10.8. The lowest BCUT2D eigenvalue weighted by Gasteiger charge is -2.11. The minimum atomic E-state index is -1.47. The van der Waals surface area contributed by atoms with Gasteiger partial charge in [0.25, 0.3) is 0 Å². The number of H-pyrrole nitrogens is 1. The fourth-order valence-corrected chi connectivity index (χ4v) is 0.782. The van der Waals surface area contributed by atoms with Gasteiger partial charge in [-0.1, -0.05) is 0 Å². The maximum absolute atomic E-state index is 10.8. The van der Waals surface area contributed by atoms with Crippen molar-refractivity contribution >= 4 is 17.7 Å². The van der Waals surface area contributed by atoms with Gasteiger partial charge in [0, 0.05) is 13.2 Å². The minimum absolute atomic E-state index is 0.461. The fourth-order valence-electron chi connectivity index (χ4n) is 0.782. The highest BCUT2D eigenvalue weighted by Gasteiger charge is 2.18. The second kappa shape index (κ2) is 3.08. The van der Waals surface area contributed by atoms with Crippen LogP contribution in [0.1, 0.15) is 0 Å². The first-order valence-electron chi connectivity index (χ1n) is 3.27. The highest BCUT2D eigenvalue weighted by Crippen LogP contribution is 2.07. The molecule has 0 aliphatic carbocycles. The number of aliphatic carboxylic acids is 1. The van der Waals surface area contributed by atoms with Crippen LogP contribution in [0.2, 0.25) is 0 Å². The van der Waals surface area contributed by atoms with E-state index in [4.69, 9.17) is 5.11 Å². The van der Waals surface area contributed by atoms with E-state index in [0.29, 0.717) is 5.82 Å². The van der Waals surface area contributed by atoms with Gasteiger partial charge in [0.1, 0.15) is 5.82 Å². The van der Waals surface area contributed by atoms with Crippen LogP contribution in [0.3, 0.4) is 0 Å². The molecule has 1 aromatic rings. The highest BCUT2D eigenvalue weighted by molar-refractivity contribution is 6.36. The lowest BCUT2D eigenvalue weighted by molar-refractivity contribution is -0.148. The van der Waals surface area contributed by atoms with E-state index in [1.807, 2.05) is 0 Å². The van der Waals surface area contributed by atoms with E-state index < -0.39 is 11.9 Å². The highest BCUT2D eigenvalue weighted by atomic mass is 16.4. The summed E-state index contributed by atoms with van der Waals surface area (Å²) < 4.78 is 0. The van der Waals surface area contributed by atoms with Crippen LogP contribution in [0.4, 0.5) is 5.82 Å². The number of aromatic amines is 1. The van der Waals surface area contributed by atoms with Crippen molar-refractivity contribution in [3.05, 3.63) is 18.3 Å². The van der Waals surface area contributed by atoms with E-state index in [2.05, 4.69) is 4.98 Å². The Hall–Kier alpha value is -1.78. The van der Waals surface area contributed by atoms with E-state index in [-0.39, 0.29) is 0 Å². The van der Waals surface area contributed by atoms with Crippen LogP contribution in [0.25, 0.3) is 0 Å². The molecule has 0 unspecified atom stereocenters. The Morgan fingerprint density at radius 3 is 2.67 bits per heavy atom. The minimum Gasteiger partial charge on any atom is -0.474 e. The lowest BCUT2D eigenvalue weighted by Crippen LogP contribution is -2.33. The Labute approximate surface area is 68.6 Å². The van der Waals surface area contributed by atoms with Crippen molar-refractivity contribution in [3.8, 4) is 0 Å². The number of aromatic nitrogens is 1. The third-order valence-corrected chi connectivity index (χ3v) is 1.43. The SMILES string of the molecule is CN(C(=O)C(=O)O)c1ccc[nH]1. The Morgan fingerprint density at radius 1 is 1.58 bits per heavy atom. The van der Waals surface area contributed by atoms with Gasteiger partial charge >= 0.3 is 11.9 Å². The van der Waals surface area contributed by atoms with Gasteiger partial charge in [0.15, 0.2) is 0 Å².